The van der Waals surface area contributed by atoms with Gasteiger partial charge >= 0.3 is 6.98 Å². The summed E-state index contributed by atoms with van der Waals surface area (Å²) in [5.41, 5.74) is 14.3. The van der Waals surface area contributed by atoms with Gasteiger partial charge in [-0.2, -0.15) is 0 Å². The van der Waals surface area contributed by atoms with Gasteiger partial charge in [-0.25, -0.2) is 15.0 Å². The standard InChI is InChI=1S/C49H37BN8O/c1-30-12-10-13-31(2)46(30)50-54(4)39-22-20-34(26-37(39)48-51-24-25-55(48)50)59-35-21-23-41-44(27-35)58(49-53-47-32(3)14-11-19-42(47)57(41)49)45-28-43-38(29-52-45)36-17-8-9-18-40(36)56(43)33-15-6-5-7-16-33/h5-29H,1-4H3. The van der Waals surface area contributed by atoms with Crippen LogP contribution in [0.25, 0.3) is 72.5 Å². The van der Waals surface area contributed by atoms with Crippen molar-refractivity contribution in [2.24, 2.45) is 0 Å². The number of aryl methyl sites for hydroxylation is 3. The molecule has 0 saturated heterocycles. The molecule has 0 amide bonds. The maximum Gasteiger partial charge on any atom is 0.417 e. The van der Waals surface area contributed by atoms with Crippen LogP contribution in [0.4, 0.5) is 5.69 Å². The van der Waals surface area contributed by atoms with Crippen LogP contribution in [0, 0.1) is 20.8 Å². The average molecular weight is 765 g/mol. The van der Waals surface area contributed by atoms with Crippen molar-refractivity contribution < 1.29 is 4.74 Å². The summed E-state index contributed by atoms with van der Waals surface area (Å²) < 4.78 is 15.8. The third-order valence-corrected chi connectivity index (χ3v) is 12.2. The van der Waals surface area contributed by atoms with Crippen molar-refractivity contribution in [1.82, 2.24) is 33.0 Å². The number of hydrogen-bond acceptors (Lipinski definition) is 5. The second-order valence-electron chi connectivity index (χ2n) is 15.7. The molecular formula is C49H37BN8O. The fourth-order valence-corrected chi connectivity index (χ4v) is 9.52. The fraction of sp³-hybridized carbons (Fsp3) is 0.0816. The molecule has 0 aliphatic carbocycles. The molecule has 0 saturated carbocycles. The lowest BCUT2D eigenvalue weighted by atomic mass is 9.60. The summed E-state index contributed by atoms with van der Waals surface area (Å²) >= 11 is 0. The molecule has 6 heterocycles. The zero-order valence-electron chi connectivity index (χ0n) is 33.0. The molecule has 59 heavy (non-hydrogen) atoms. The quantitative estimate of drug-likeness (QED) is 0.163. The monoisotopic (exact) mass is 764 g/mol. The van der Waals surface area contributed by atoms with E-state index in [1.165, 1.54) is 16.6 Å². The third kappa shape index (κ3) is 4.83. The van der Waals surface area contributed by atoms with Gasteiger partial charge in [0.1, 0.15) is 23.1 Å². The van der Waals surface area contributed by atoms with Gasteiger partial charge in [-0.3, -0.25) is 8.97 Å². The Morgan fingerprint density at radius 1 is 0.593 bits per heavy atom. The van der Waals surface area contributed by atoms with Gasteiger partial charge in [0, 0.05) is 58.4 Å². The minimum Gasteiger partial charge on any atom is -0.457 e. The van der Waals surface area contributed by atoms with Crippen LogP contribution in [-0.4, -0.2) is 47.0 Å². The van der Waals surface area contributed by atoms with Gasteiger partial charge in [0.25, 0.3) is 0 Å². The zero-order chi connectivity index (χ0) is 39.5. The van der Waals surface area contributed by atoms with E-state index in [1.807, 2.05) is 18.5 Å². The van der Waals surface area contributed by atoms with Gasteiger partial charge in [0.05, 0.1) is 33.1 Å². The lowest BCUT2D eigenvalue weighted by Gasteiger charge is -2.36. The van der Waals surface area contributed by atoms with Gasteiger partial charge in [-0.1, -0.05) is 77.9 Å². The zero-order valence-corrected chi connectivity index (χ0v) is 33.0. The van der Waals surface area contributed by atoms with E-state index in [9.17, 15) is 0 Å². The Morgan fingerprint density at radius 3 is 2.20 bits per heavy atom. The lowest BCUT2D eigenvalue weighted by Crippen LogP contribution is -2.56. The molecule has 0 fully saturated rings. The highest BCUT2D eigenvalue weighted by Gasteiger charge is 2.37. The van der Waals surface area contributed by atoms with Crippen molar-refractivity contribution >= 4 is 67.8 Å². The number of benzene rings is 6. The number of para-hydroxylation sites is 3. The van der Waals surface area contributed by atoms with Gasteiger partial charge in [-0.05, 0) is 93.4 Å². The SMILES string of the molecule is Cc1cccc(C)c1B1N(C)c2ccc(Oc3ccc4c(c3)n(-c3cc5c(cn3)c3ccccc3n5-c3ccccc3)c3nc5c(C)cccc5n43)cc2-c2nccn21. The van der Waals surface area contributed by atoms with Gasteiger partial charge in [0.15, 0.2) is 0 Å². The summed E-state index contributed by atoms with van der Waals surface area (Å²) in [5, 5.41) is 2.25. The number of imidazole rings is 3. The predicted octanol–water partition coefficient (Wildman–Crippen LogP) is 10.2. The van der Waals surface area contributed by atoms with Gasteiger partial charge in [0.2, 0.25) is 5.78 Å². The molecule has 0 N–H and O–H groups in total. The van der Waals surface area contributed by atoms with E-state index in [2.05, 4.69) is 184 Å². The molecule has 11 aromatic rings. The molecule has 9 nitrogen and oxygen atoms in total. The predicted molar refractivity (Wildman–Crippen MR) is 239 cm³/mol. The molecule has 0 spiro atoms. The molecule has 10 heteroatoms. The van der Waals surface area contributed by atoms with Crippen LogP contribution in [0.5, 0.6) is 11.5 Å². The molecule has 1 aliphatic rings. The topological polar surface area (TPSA) is 70.3 Å². The molecule has 0 bridgehead atoms. The fourth-order valence-electron chi connectivity index (χ4n) is 9.52. The summed E-state index contributed by atoms with van der Waals surface area (Å²) in [6.07, 6.45) is 5.97. The average Bonchev–Trinajstić information content (AvgIpc) is 4.03. The lowest BCUT2D eigenvalue weighted by molar-refractivity contribution is 0.483. The van der Waals surface area contributed by atoms with Gasteiger partial charge < -0.3 is 18.6 Å². The van der Waals surface area contributed by atoms with E-state index >= 15 is 0 Å². The normalized spacial score (nSPS) is 12.7. The van der Waals surface area contributed by atoms with Crippen LogP contribution < -0.4 is 15.0 Å². The Morgan fingerprint density at radius 2 is 1.34 bits per heavy atom. The molecule has 0 unspecified atom stereocenters. The molecule has 282 valence electrons. The minimum absolute atomic E-state index is 0.0105. The summed E-state index contributed by atoms with van der Waals surface area (Å²) in [6.45, 7) is 6.48. The molecule has 1 aliphatic heterocycles. The van der Waals surface area contributed by atoms with Crippen molar-refractivity contribution in [2.75, 3.05) is 11.9 Å². The largest absolute Gasteiger partial charge is 0.457 e. The van der Waals surface area contributed by atoms with Crippen LogP contribution in [0.1, 0.15) is 16.7 Å². The Bertz CT molecular complexity index is 3480. The number of fused-ring (bicyclic) bond motifs is 11. The first-order valence-corrected chi connectivity index (χ1v) is 19.9. The Kier molecular flexibility index (Phi) is 7.08. The Hall–Kier alpha value is -7.59. The van der Waals surface area contributed by atoms with Crippen molar-refractivity contribution in [3.8, 4) is 34.4 Å². The molecule has 0 radical (unpaired) electrons. The van der Waals surface area contributed by atoms with Crippen LogP contribution >= 0.6 is 0 Å². The second kappa shape index (κ2) is 12.5. The highest BCUT2D eigenvalue weighted by Crippen LogP contribution is 2.40. The maximum absolute atomic E-state index is 6.76. The Labute approximate surface area is 340 Å². The number of ether oxygens (including phenoxy) is 1. The first-order chi connectivity index (χ1) is 28.9. The molecule has 0 atom stereocenters. The smallest absolute Gasteiger partial charge is 0.417 e. The number of nitrogens with zero attached hydrogens (tertiary/aromatic N) is 8. The van der Waals surface area contributed by atoms with Crippen LogP contribution in [0.3, 0.4) is 0 Å². The highest BCUT2D eigenvalue weighted by molar-refractivity contribution is 6.77. The summed E-state index contributed by atoms with van der Waals surface area (Å²) in [5.74, 6) is 3.91. The summed E-state index contributed by atoms with van der Waals surface area (Å²) in [6, 6.07) is 46.7. The summed E-state index contributed by atoms with van der Waals surface area (Å²) in [4.78, 5) is 17.7. The van der Waals surface area contributed by atoms with E-state index < -0.39 is 0 Å². The van der Waals surface area contributed by atoms with E-state index in [4.69, 9.17) is 19.7 Å². The molecular weight excluding hydrogens is 727 g/mol. The second-order valence-corrected chi connectivity index (χ2v) is 15.7. The minimum atomic E-state index is -0.0105. The number of pyridine rings is 1. The maximum atomic E-state index is 6.76. The number of rotatable bonds is 5. The van der Waals surface area contributed by atoms with Crippen molar-refractivity contribution in [3.63, 3.8) is 0 Å². The van der Waals surface area contributed by atoms with E-state index in [0.717, 1.165) is 89.5 Å². The summed E-state index contributed by atoms with van der Waals surface area (Å²) in [7, 11) is 2.16. The number of anilines is 1. The van der Waals surface area contributed by atoms with E-state index in [1.54, 1.807) is 0 Å². The first-order valence-electron chi connectivity index (χ1n) is 19.9. The first kappa shape index (κ1) is 33.5. The van der Waals surface area contributed by atoms with Crippen LogP contribution in [0.15, 0.2) is 152 Å². The highest BCUT2D eigenvalue weighted by atomic mass is 16.5. The van der Waals surface area contributed by atoms with E-state index in [-0.39, 0.29) is 6.98 Å². The van der Waals surface area contributed by atoms with E-state index in [0.29, 0.717) is 5.75 Å². The molecule has 12 rings (SSSR count). The van der Waals surface area contributed by atoms with Crippen LogP contribution in [0.2, 0.25) is 0 Å². The molecule has 6 aromatic carbocycles. The van der Waals surface area contributed by atoms with Crippen LogP contribution in [-0.2, 0) is 0 Å². The number of hydrogen-bond donors (Lipinski definition) is 0. The van der Waals surface area contributed by atoms with Crippen molar-refractivity contribution in [3.05, 3.63) is 169 Å². The van der Waals surface area contributed by atoms with Gasteiger partial charge in [-0.15, -0.1) is 0 Å². The third-order valence-electron chi connectivity index (χ3n) is 12.2. The van der Waals surface area contributed by atoms with Crippen molar-refractivity contribution in [2.45, 2.75) is 20.8 Å². The van der Waals surface area contributed by atoms with Crippen molar-refractivity contribution in [1.29, 1.82) is 0 Å². The molecule has 5 aromatic heterocycles. The number of aromatic nitrogens is 7. The Balaban J connectivity index is 1.02.